The number of benzene rings is 3. The maximum Gasteiger partial charge on any atom is 0.138 e. The molecule has 0 unspecified atom stereocenters. The first-order valence-electron chi connectivity index (χ1n) is 10.9. The molecule has 0 aliphatic rings. The number of anilines is 1. The predicted octanol–water partition coefficient (Wildman–Crippen LogP) is 5.85. The van der Waals surface area contributed by atoms with Crippen molar-refractivity contribution in [1.29, 1.82) is 0 Å². The van der Waals surface area contributed by atoms with Gasteiger partial charge in [-0.05, 0) is 68.4 Å². The lowest BCUT2D eigenvalue weighted by Crippen LogP contribution is -2.15. The van der Waals surface area contributed by atoms with Crippen LogP contribution in [0, 0.1) is 0 Å². The molecule has 0 spiro atoms. The van der Waals surface area contributed by atoms with E-state index >= 15 is 0 Å². The van der Waals surface area contributed by atoms with Crippen LogP contribution in [0.4, 0.5) is 5.69 Å². The molecule has 33 heavy (non-hydrogen) atoms. The zero-order valence-electron chi connectivity index (χ0n) is 18.5. The van der Waals surface area contributed by atoms with Gasteiger partial charge in [-0.15, -0.1) is 0 Å². The molecule has 0 saturated heterocycles. The monoisotopic (exact) mass is 435 g/mol. The van der Waals surface area contributed by atoms with E-state index in [1.54, 1.807) is 0 Å². The van der Waals surface area contributed by atoms with E-state index in [4.69, 9.17) is 20.9 Å². The van der Waals surface area contributed by atoms with Gasteiger partial charge in [-0.1, -0.05) is 24.3 Å². The van der Waals surface area contributed by atoms with Crippen molar-refractivity contribution in [2.75, 3.05) is 5.73 Å². The number of nitrogen functional groups attached to an aromatic ring is 1. The molecule has 6 heteroatoms. The number of furan rings is 1. The molecule has 5 aromatic rings. The van der Waals surface area contributed by atoms with Gasteiger partial charge in [0, 0.05) is 34.0 Å². The van der Waals surface area contributed by atoms with Crippen LogP contribution in [0.2, 0.25) is 0 Å². The first kappa shape index (κ1) is 20.6. The topological polar surface area (TPSA) is 106 Å². The summed E-state index contributed by atoms with van der Waals surface area (Å²) < 4.78 is 6.06. The summed E-state index contributed by atoms with van der Waals surface area (Å²) in [5.74, 6) is 2.95. The van der Waals surface area contributed by atoms with Crippen molar-refractivity contribution in [3.63, 3.8) is 0 Å². The smallest absolute Gasteiger partial charge is 0.138 e. The minimum absolute atomic E-state index is 0.147. The highest BCUT2D eigenvalue weighted by Crippen LogP contribution is 2.30. The number of nitrogens with one attached hydrogen (secondary N) is 1. The number of nitrogens with zero attached hydrogens (tertiary/aromatic N) is 2. The zero-order valence-corrected chi connectivity index (χ0v) is 18.5. The van der Waals surface area contributed by atoms with Gasteiger partial charge < -0.3 is 20.9 Å². The van der Waals surface area contributed by atoms with Gasteiger partial charge in [0.2, 0.25) is 0 Å². The quantitative estimate of drug-likeness (QED) is 0.183. The minimum atomic E-state index is 0.147. The van der Waals surface area contributed by atoms with Gasteiger partial charge in [-0.3, -0.25) is 4.99 Å². The summed E-state index contributed by atoms with van der Waals surface area (Å²) in [5, 5.41) is 0. The van der Waals surface area contributed by atoms with Crippen molar-refractivity contribution in [3.05, 3.63) is 84.4 Å². The van der Waals surface area contributed by atoms with Crippen molar-refractivity contribution in [1.82, 2.24) is 9.97 Å². The van der Waals surface area contributed by atoms with Crippen molar-refractivity contribution >= 4 is 22.6 Å². The summed E-state index contributed by atoms with van der Waals surface area (Å²) in [6.45, 7) is 4.01. The van der Waals surface area contributed by atoms with Gasteiger partial charge in [0.15, 0.2) is 0 Å². The van der Waals surface area contributed by atoms with Crippen LogP contribution in [0.5, 0.6) is 0 Å². The number of rotatable bonds is 5. The molecule has 0 aliphatic carbocycles. The van der Waals surface area contributed by atoms with Gasteiger partial charge in [0.25, 0.3) is 0 Å². The molecule has 0 radical (unpaired) electrons. The van der Waals surface area contributed by atoms with E-state index in [-0.39, 0.29) is 6.04 Å². The summed E-state index contributed by atoms with van der Waals surface area (Å²) >= 11 is 0. The Kier molecular flexibility index (Phi) is 5.18. The third-order valence-corrected chi connectivity index (χ3v) is 5.42. The molecule has 0 aliphatic heterocycles. The molecule has 5 rings (SSSR count). The maximum absolute atomic E-state index is 6.12. The number of H-pyrrole nitrogens is 1. The summed E-state index contributed by atoms with van der Waals surface area (Å²) in [5.41, 5.74) is 18.3. The number of hydrogen-bond donors (Lipinski definition) is 3. The fraction of sp³-hybridized carbons (Fsp3) is 0.111. The van der Waals surface area contributed by atoms with Crippen LogP contribution in [-0.4, -0.2) is 21.8 Å². The number of aromatic nitrogens is 2. The lowest BCUT2D eigenvalue weighted by Gasteiger charge is -2.03. The second-order valence-corrected chi connectivity index (χ2v) is 8.29. The lowest BCUT2D eigenvalue weighted by atomic mass is 10.1. The number of hydrogen-bond acceptors (Lipinski definition) is 4. The van der Waals surface area contributed by atoms with Crippen LogP contribution >= 0.6 is 0 Å². The van der Waals surface area contributed by atoms with Gasteiger partial charge >= 0.3 is 0 Å². The zero-order chi connectivity index (χ0) is 22.9. The Hall–Kier alpha value is -4.32. The normalized spacial score (nSPS) is 12.0. The molecule has 0 bridgehead atoms. The van der Waals surface area contributed by atoms with E-state index in [0.29, 0.717) is 5.84 Å². The van der Waals surface area contributed by atoms with Gasteiger partial charge in [-0.2, -0.15) is 0 Å². The van der Waals surface area contributed by atoms with Crippen molar-refractivity contribution < 1.29 is 4.42 Å². The minimum Gasteiger partial charge on any atom is -0.456 e. The van der Waals surface area contributed by atoms with Gasteiger partial charge in [0.1, 0.15) is 23.2 Å². The number of aliphatic imine (C=N–C) groups is 1. The molecule has 0 atom stereocenters. The third kappa shape index (κ3) is 4.23. The highest BCUT2D eigenvalue weighted by atomic mass is 16.3. The molecular weight excluding hydrogens is 410 g/mol. The molecule has 0 amide bonds. The molecule has 164 valence electrons. The van der Waals surface area contributed by atoms with Gasteiger partial charge in [0.05, 0.1) is 11.0 Å². The second-order valence-electron chi connectivity index (χ2n) is 8.29. The molecule has 0 fully saturated rings. The number of fused-ring (bicyclic) bond motifs is 1. The van der Waals surface area contributed by atoms with Crippen molar-refractivity contribution in [3.8, 4) is 34.0 Å². The number of aromatic amines is 1. The maximum atomic E-state index is 6.12. The van der Waals surface area contributed by atoms with Crippen molar-refractivity contribution in [2.24, 2.45) is 10.7 Å². The number of imidazole rings is 1. The highest BCUT2D eigenvalue weighted by molar-refractivity contribution is 6.00. The fourth-order valence-corrected chi connectivity index (χ4v) is 3.75. The average Bonchev–Trinajstić information content (AvgIpc) is 3.46. The Morgan fingerprint density at radius 1 is 0.848 bits per heavy atom. The average molecular weight is 436 g/mol. The van der Waals surface area contributed by atoms with E-state index in [0.717, 1.165) is 56.3 Å². The SMILES string of the molecule is CC(C)N=C(N)c1ccc2nc(-c3ccc(-c4ccc(-c5ccc(N)cc5)o4)cc3)[nH]c2c1. The van der Waals surface area contributed by atoms with Crippen molar-refractivity contribution in [2.45, 2.75) is 19.9 Å². The van der Waals surface area contributed by atoms with Crippen LogP contribution in [0.25, 0.3) is 45.1 Å². The Morgan fingerprint density at radius 2 is 1.45 bits per heavy atom. The Bertz CT molecular complexity index is 1440. The second kappa shape index (κ2) is 8.31. The Morgan fingerprint density at radius 3 is 2.09 bits per heavy atom. The molecule has 0 saturated carbocycles. The molecule has 5 N–H and O–H groups in total. The first-order valence-corrected chi connectivity index (χ1v) is 10.9. The third-order valence-electron chi connectivity index (χ3n) is 5.42. The fourth-order valence-electron chi connectivity index (χ4n) is 3.75. The Balaban J connectivity index is 1.40. The van der Waals surface area contributed by atoms with Crippen LogP contribution in [0.1, 0.15) is 19.4 Å². The molecule has 6 nitrogen and oxygen atoms in total. The predicted molar refractivity (Wildman–Crippen MR) is 135 cm³/mol. The molecule has 2 aromatic heterocycles. The summed E-state index contributed by atoms with van der Waals surface area (Å²) in [4.78, 5) is 12.6. The summed E-state index contributed by atoms with van der Waals surface area (Å²) in [6.07, 6.45) is 0. The van der Waals surface area contributed by atoms with E-state index in [1.165, 1.54) is 0 Å². The van der Waals surface area contributed by atoms with Crippen LogP contribution < -0.4 is 11.5 Å². The van der Waals surface area contributed by atoms with Crippen LogP contribution in [-0.2, 0) is 0 Å². The van der Waals surface area contributed by atoms with E-state index in [2.05, 4.69) is 9.98 Å². The molecular formula is C27H25N5O. The molecule has 3 aromatic carbocycles. The summed E-state index contributed by atoms with van der Waals surface area (Å²) in [6, 6.07) is 25.8. The summed E-state index contributed by atoms with van der Waals surface area (Å²) in [7, 11) is 0. The van der Waals surface area contributed by atoms with E-state index < -0.39 is 0 Å². The number of amidine groups is 1. The lowest BCUT2D eigenvalue weighted by molar-refractivity contribution is 0.597. The highest BCUT2D eigenvalue weighted by Gasteiger charge is 2.10. The first-order chi connectivity index (χ1) is 16.0. The van der Waals surface area contributed by atoms with E-state index in [9.17, 15) is 0 Å². The standard InChI is InChI=1S/C27H25N5O/c1-16(2)30-26(29)20-9-12-22-23(15-20)32-27(31-22)19-5-3-17(4-6-19)24-13-14-25(33-24)18-7-10-21(28)11-8-18/h3-16H,28H2,1-2H3,(H2,29,30)(H,31,32). The Labute approximate surface area is 192 Å². The number of nitrogens with two attached hydrogens (primary N) is 2. The largest absolute Gasteiger partial charge is 0.456 e. The van der Waals surface area contributed by atoms with Crippen LogP contribution in [0.15, 0.2) is 88.3 Å². The van der Waals surface area contributed by atoms with Crippen LogP contribution in [0.3, 0.4) is 0 Å². The molecule has 2 heterocycles. The van der Waals surface area contributed by atoms with E-state index in [1.807, 2.05) is 92.7 Å². The van der Waals surface area contributed by atoms with Gasteiger partial charge in [-0.25, -0.2) is 4.98 Å².